The SMILES string of the molecule is CCNCc1coc(N2CCC(c3ccccc3)C2)n1. The van der Waals surface area contributed by atoms with Crippen molar-refractivity contribution in [2.45, 2.75) is 25.8 Å². The highest BCUT2D eigenvalue weighted by atomic mass is 16.4. The molecule has 1 aromatic heterocycles. The maximum absolute atomic E-state index is 5.60. The van der Waals surface area contributed by atoms with Gasteiger partial charge in [-0.15, -0.1) is 0 Å². The van der Waals surface area contributed by atoms with Gasteiger partial charge in [-0.2, -0.15) is 4.98 Å². The van der Waals surface area contributed by atoms with Crippen molar-refractivity contribution in [3.8, 4) is 0 Å². The number of rotatable bonds is 5. The molecule has 0 bridgehead atoms. The number of anilines is 1. The van der Waals surface area contributed by atoms with E-state index in [1.165, 1.54) is 5.56 Å². The Balaban J connectivity index is 1.63. The molecule has 1 fully saturated rings. The quantitative estimate of drug-likeness (QED) is 0.908. The van der Waals surface area contributed by atoms with E-state index in [2.05, 4.69) is 52.5 Å². The Morgan fingerprint density at radius 2 is 2.20 bits per heavy atom. The van der Waals surface area contributed by atoms with Gasteiger partial charge in [0.1, 0.15) is 6.26 Å². The van der Waals surface area contributed by atoms with E-state index < -0.39 is 0 Å². The van der Waals surface area contributed by atoms with E-state index in [1.807, 2.05) is 0 Å². The Bertz CT molecular complexity index is 538. The lowest BCUT2D eigenvalue weighted by molar-refractivity contribution is 0.544. The van der Waals surface area contributed by atoms with Gasteiger partial charge in [0.05, 0.1) is 5.69 Å². The minimum absolute atomic E-state index is 0.584. The van der Waals surface area contributed by atoms with E-state index in [0.717, 1.165) is 44.3 Å². The predicted octanol–water partition coefficient (Wildman–Crippen LogP) is 2.78. The second-order valence-electron chi connectivity index (χ2n) is 5.24. The number of hydrogen-bond donors (Lipinski definition) is 1. The fourth-order valence-corrected chi connectivity index (χ4v) is 2.71. The maximum atomic E-state index is 5.60. The van der Waals surface area contributed by atoms with Crippen LogP contribution in [-0.2, 0) is 6.54 Å². The van der Waals surface area contributed by atoms with E-state index >= 15 is 0 Å². The van der Waals surface area contributed by atoms with Crippen LogP contribution in [0.4, 0.5) is 6.01 Å². The van der Waals surface area contributed by atoms with Crippen LogP contribution in [0.25, 0.3) is 0 Å². The van der Waals surface area contributed by atoms with Crippen LogP contribution in [0.15, 0.2) is 41.0 Å². The first-order valence-electron chi connectivity index (χ1n) is 7.32. The average Bonchev–Trinajstić information content (AvgIpc) is 3.15. The zero-order valence-electron chi connectivity index (χ0n) is 11.9. The summed E-state index contributed by atoms with van der Waals surface area (Å²) in [6.07, 6.45) is 2.92. The molecule has 3 rings (SSSR count). The highest BCUT2D eigenvalue weighted by Crippen LogP contribution is 2.30. The Morgan fingerprint density at radius 1 is 1.35 bits per heavy atom. The smallest absolute Gasteiger partial charge is 0.297 e. The number of oxazole rings is 1. The van der Waals surface area contributed by atoms with Gasteiger partial charge in [0.2, 0.25) is 0 Å². The van der Waals surface area contributed by atoms with E-state index in [4.69, 9.17) is 4.42 Å². The molecule has 0 amide bonds. The van der Waals surface area contributed by atoms with Crippen LogP contribution in [0.5, 0.6) is 0 Å². The van der Waals surface area contributed by atoms with Gasteiger partial charge in [0.25, 0.3) is 6.01 Å². The van der Waals surface area contributed by atoms with Gasteiger partial charge in [-0.25, -0.2) is 0 Å². The third kappa shape index (κ3) is 2.85. The van der Waals surface area contributed by atoms with Gasteiger partial charge in [0, 0.05) is 25.6 Å². The Hall–Kier alpha value is -1.81. The van der Waals surface area contributed by atoms with Crippen molar-refractivity contribution in [3.05, 3.63) is 47.9 Å². The van der Waals surface area contributed by atoms with Crippen molar-refractivity contribution in [3.63, 3.8) is 0 Å². The Morgan fingerprint density at radius 3 is 3.00 bits per heavy atom. The number of aromatic nitrogens is 1. The molecule has 0 spiro atoms. The summed E-state index contributed by atoms with van der Waals surface area (Å²) in [5.41, 5.74) is 2.39. The van der Waals surface area contributed by atoms with Crippen LogP contribution in [0, 0.1) is 0 Å². The predicted molar refractivity (Wildman–Crippen MR) is 79.9 cm³/mol. The van der Waals surface area contributed by atoms with Crippen molar-refractivity contribution < 1.29 is 4.42 Å². The standard InChI is InChI=1S/C16H21N3O/c1-2-17-10-15-12-20-16(18-15)19-9-8-14(11-19)13-6-4-3-5-7-13/h3-7,12,14,17H,2,8-11H2,1H3. The average molecular weight is 271 g/mol. The van der Waals surface area contributed by atoms with Crippen molar-refractivity contribution >= 4 is 6.01 Å². The second-order valence-corrected chi connectivity index (χ2v) is 5.24. The second kappa shape index (κ2) is 6.09. The van der Waals surface area contributed by atoms with Gasteiger partial charge in [-0.3, -0.25) is 0 Å². The van der Waals surface area contributed by atoms with Crippen LogP contribution in [0.3, 0.4) is 0 Å². The summed E-state index contributed by atoms with van der Waals surface area (Å²) in [6.45, 7) is 5.82. The largest absolute Gasteiger partial charge is 0.432 e. The number of benzene rings is 1. The summed E-state index contributed by atoms with van der Waals surface area (Å²) in [6, 6.07) is 11.5. The molecule has 4 nitrogen and oxygen atoms in total. The number of nitrogens with one attached hydrogen (secondary N) is 1. The molecule has 1 aliphatic heterocycles. The molecular formula is C16H21N3O. The zero-order chi connectivity index (χ0) is 13.8. The summed E-state index contributed by atoms with van der Waals surface area (Å²) in [5, 5.41) is 3.26. The zero-order valence-corrected chi connectivity index (χ0v) is 11.9. The van der Waals surface area contributed by atoms with Gasteiger partial charge in [-0.1, -0.05) is 37.3 Å². The first-order chi connectivity index (χ1) is 9.86. The lowest BCUT2D eigenvalue weighted by atomic mass is 9.99. The number of hydrogen-bond acceptors (Lipinski definition) is 4. The highest BCUT2D eigenvalue weighted by molar-refractivity contribution is 5.33. The summed E-state index contributed by atoms with van der Waals surface area (Å²) in [5.74, 6) is 0.584. The summed E-state index contributed by atoms with van der Waals surface area (Å²) in [7, 11) is 0. The van der Waals surface area contributed by atoms with Gasteiger partial charge in [0.15, 0.2) is 0 Å². The fraction of sp³-hybridized carbons (Fsp3) is 0.438. The van der Waals surface area contributed by atoms with Gasteiger partial charge in [-0.05, 0) is 18.5 Å². The van der Waals surface area contributed by atoms with E-state index in [9.17, 15) is 0 Å². The molecular weight excluding hydrogens is 250 g/mol. The van der Waals surface area contributed by atoms with Crippen LogP contribution >= 0.6 is 0 Å². The first-order valence-corrected chi connectivity index (χ1v) is 7.32. The molecule has 0 aliphatic carbocycles. The van der Waals surface area contributed by atoms with E-state index in [-0.39, 0.29) is 0 Å². The summed E-state index contributed by atoms with van der Waals surface area (Å²) in [4.78, 5) is 6.80. The molecule has 1 unspecified atom stereocenters. The molecule has 106 valence electrons. The molecule has 1 aliphatic rings. The lowest BCUT2D eigenvalue weighted by Gasteiger charge is -2.13. The lowest BCUT2D eigenvalue weighted by Crippen LogP contribution is -2.20. The molecule has 0 radical (unpaired) electrons. The van der Waals surface area contributed by atoms with Crippen LogP contribution < -0.4 is 10.2 Å². The fourth-order valence-electron chi connectivity index (χ4n) is 2.71. The van der Waals surface area contributed by atoms with Gasteiger partial charge >= 0.3 is 0 Å². The third-order valence-electron chi connectivity index (χ3n) is 3.83. The topological polar surface area (TPSA) is 41.3 Å². The molecule has 0 saturated carbocycles. The maximum Gasteiger partial charge on any atom is 0.297 e. The normalized spacial score (nSPS) is 18.6. The minimum Gasteiger partial charge on any atom is -0.432 e. The third-order valence-corrected chi connectivity index (χ3v) is 3.83. The number of nitrogens with zero attached hydrogens (tertiary/aromatic N) is 2. The minimum atomic E-state index is 0.584. The van der Waals surface area contributed by atoms with Crippen molar-refractivity contribution in [2.24, 2.45) is 0 Å². The molecule has 1 saturated heterocycles. The van der Waals surface area contributed by atoms with Gasteiger partial charge < -0.3 is 14.6 Å². The summed E-state index contributed by atoms with van der Waals surface area (Å²) >= 11 is 0. The van der Waals surface area contributed by atoms with Crippen molar-refractivity contribution in [1.82, 2.24) is 10.3 Å². The van der Waals surface area contributed by atoms with Crippen LogP contribution in [0.1, 0.15) is 30.5 Å². The van der Waals surface area contributed by atoms with Crippen molar-refractivity contribution in [2.75, 3.05) is 24.5 Å². The van der Waals surface area contributed by atoms with Crippen molar-refractivity contribution in [1.29, 1.82) is 0 Å². The molecule has 4 heteroatoms. The first kappa shape index (κ1) is 13.2. The molecule has 1 N–H and O–H groups in total. The Labute approximate surface area is 119 Å². The Kier molecular flexibility index (Phi) is 4.02. The summed E-state index contributed by atoms with van der Waals surface area (Å²) < 4.78 is 5.60. The van der Waals surface area contributed by atoms with E-state index in [0.29, 0.717) is 5.92 Å². The van der Waals surface area contributed by atoms with Crippen LogP contribution in [-0.4, -0.2) is 24.6 Å². The highest BCUT2D eigenvalue weighted by Gasteiger charge is 2.26. The molecule has 1 aromatic carbocycles. The molecule has 1 atom stereocenters. The molecule has 20 heavy (non-hydrogen) atoms. The van der Waals surface area contributed by atoms with Crippen LogP contribution in [0.2, 0.25) is 0 Å². The monoisotopic (exact) mass is 271 g/mol. The van der Waals surface area contributed by atoms with E-state index in [1.54, 1.807) is 6.26 Å². The molecule has 2 heterocycles. The molecule has 2 aromatic rings.